The monoisotopic (exact) mass is 304 g/mol. The van der Waals surface area contributed by atoms with Gasteiger partial charge in [0.15, 0.2) is 0 Å². The third-order valence-corrected chi connectivity index (χ3v) is 4.38. The second-order valence-electron chi connectivity index (χ2n) is 6.60. The molecule has 3 rings (SSSR count). The lowest BCUT2D eigenvalue weighted by molar-refractivity contribution is -0.164. The third kappa shape index (κ3) is 2.56. The first-order valence-corrected chi connectivity index (χ1v) is 7.44. The van der Waals surface area contributed by atoms with E-state index in [9.17, 15) is 9.59 Å². The van der Waals surface area contributed by atoms with Crippen LogP contribution in [0.2, 0.25) is 0 Å². The van der Waals surface area contributed by atoms with Crippen LogP contribution in [0.25, 0.3) is 0 Å². The average molecular weight is 304 g/mol. The molecule has 118 valence electrons. The summed E-state index contributed by atoms with van der Waals surface area (Å²) in [6.07, 6.45) is -0.0829. The van der Waals surface area contributed by atoms with Crippen molar-refractivity contribution in [1.29, 1.82) is 0 Å². The number of carbonyl (C=O) groups excluding carboxylic acids is 2. The molecule has 2 fully saturated rings. The van der Waals surface area contributed by atoms with E-state index >= 15 is 0 Å². The maximum atomic E-state index is 12.3. The summed E-state index contributed by atoms with van der Waals surface area (Å²) in [4.78, 5) is 24.0. The quantitative estimate of drug-likeness (QED) is 0.799. The van der Waals surface area contributed by atoms with Gasteiger partial charge < -0.3 is 14.2 Å². The van der Waals surface area contributed by atoms with Gasteiger partial charge in [-0.1, -0.05) is 32.0 Å². The zero-order valence-corrected chi connectivity index (χ0v) is 13.0. The molecule has 5 nitrogen and oxygen atoms in total. The van der Waals surface area contributed by atoms with Crippen molar-refractivity contribution in [2.24, 2.45) is 11.3 Å². The van der Waals surface area contributed by atoms with E-state index in [2.05, 4.69) is 0 Å². The number of cyclic esters (lactones) is 1. The van der Waals surface area contributed by atoms with E-state index in [1.165, 1.54) is 0 Å². The summed E-state index contributed by atoms with van der Waals surface area (Å²) in [6.45, 7) is 4.01. The van der Waals surface area contributed by atoms with Crippen LogP contribution in [-0.2, 0) is 19.1 Å². The number of hydrogen-bond donors (Lipinski definition) is 0. The summed E-state index contributed by atoms with van der Waals surface area (Å²) in [6, 6.07) is 7.67. The molecule has 0 radical (unpaired) electrons. The Bertz CT molecular complexity index is 607. The predicted octanol–water partition coefficient (Wildman–Crippen LogP) is 2.29. The Kier molecular flexibility index (Phi) is 3.59. The molecule has 0 bridgehead atoms. The number of ether oxygens (including phenoxy) is 3. The number of carbonyl (C=O) groups is 2. The zero-order valence-electron chi connectivity index (χ0n) is 13.0. The SMILES string of the molecule is COc1ccccc1C1CC1C(=O)O[C@H]1C(=O)OCC1(C)C. The molecule has 1 saturated heterocycles. The van der Waals surface area contributed by atoms with E-state index in [1.54, 1.807) is 7.11 Å². The molecule has 1 aromatic carbocycles. The minimum atomic E-state index is -0.807. The molecule has 0 spiro atoms. The molecule has 1 aliphatic carbocycles. The van der Waals surface area contributed by atoms with E-state index in [4.69, 9.17) is 14.2 Å². The van der Waals surface area contributed by atoms with Crippen LogP contribution < -0.4 is 4.74 Å². The van der Waals surface area contributed by atoms with Gasteiger partial charge in [0.2, 0.25) is 6.10 Å². The van der Waals surface area contributed by atoms with Gasteiger partial charge in [0, 0.05) is 11.3 Å². The standard InChI is InChI=1S/C17H20O5/c1-17(2)9-21-16(19)14(17)22-15(18)12-8-11(12)10-6-4-5-7-13(10)20-3/h4-7,11-12,14H,8-9H2,1-3H3/t11?,12?,14-/m0/s1. The highest BCUT2D eigenvalue weighted by molar-refractivity contribution is 5.84. The van der Waals surface area contributed by atoms with Gasteiger partial charge in [-0.2, -0.15) is 0 Å². The first kappa shape index (κ1) is 14.9. The number of esters is 2. The van der Waals surface area contributed by atoms with Gasteiger partial charge in [0.1, 0.15) is 12.4 Å². The van der Waals surface area contributed by atoms with E-state index in [1.807, 2.05) is 38.1 Å². The van der Waals surface area contributed by atoms with Gasteiger partial charge in [0.25, 0.3) is 0 Å². The van der Waals surface area contributed by atoms with Crippen LogP contribution in [-0.4, -0.2) is 31.8 Å². The average Bonchev–Trinajstić information content (AvgIpc) is 3.25. The number of methoxy groups -OCH3 is 1. The Labute approximate surface area is 129 Å². The van der Waals surface area contributed by atoms with E-state index in [-0.39, 0.29) is 24.4 Å². The van der Waals surface area contributed by atoms with Crippen LogP contribution in [0.15, 0.2) is 24.3 Å². The fourth-order valence-corrected chi connectivity index (χ4v) is 2.91. The molecular formula is C17H20O5. The molecule has 1 heterocycles. The highest BCUT2D eigenvalue weighted by atomic mass is 16.6. The van der Waals surface area contributed by atoms with Crippen molar-refractivity contribution in [1.82, 2.24) is 0 Å². The molecule has 2 aliphatic rings. The van der Waals surface area contributed by atoms with Crippen molar-refractivity contribution in [3.8, 4) is 5.75 Å². The largest absolute Gasteiger partial charge is 0.496 e. The van der Waals surface area contributed by atoms with Gasteiger partial charge in [-0.05, 0) is 18.1 Å². The zero-order chi connectivity index (χ0) is 15.9. The van der Waals surface area contributed by atoms with Crippen molar-refractivity contribution in [2.45, 2.75) is 32.3 Å². The number of rotatable bonds is 4. The first-order chi connectivity index (χ1) is 10.4. The lowest BCUT2D eigenvalue weighted by Gasteiger charge is -2.21. The van der Waals surface area contributed by atoms with Gasteiger partial charge in [-0.3, -0.25) is 4.79 Å². The molecule has 5 heteroatoms. The maximum absolute atomic E-state index is 12.3. The lowest BCUT2D eigenvalue weighted by atomic mass is 9.90. The summed E-state index contributed by atoms with van der Waals surface area (Å²) in [7, 11) is 1.62. The van der Waals surface area contributed by atoms with Crippen molar-refractivity contribution in [3.05, 3.63) is 29.8 Å². The smallest absolute Gasteiger partial charge is 0.348 e. The van der Waals surface area contributed by atoms with Crippen LogP contribution in [0.4, 0.5) is 0 Å². The predicted molar refractivity (Wildman–Crippen MR) is 78.5 cm³/mol. The van der Waals surface area contributed by atoms with Crippen LogP contribution >= 0.6 is 0 Å². The van der Waals surface area contributed by atoms with Crippen molar-refractivity contribution in [3.63, 3.8) is 0 Å². The Morgan fingerprint density at radius 2 is 2.05 bits per heavy atom. The Morgan fingerprint density at radius 3 is 2.68 bits per heavy atom. The van der Waals surface area contributed by atoms with Crippen molar-refractivity contribution >= 4 is 11.9 Å². The molecule has 0 aromatic heterocycles. The fraction of sp³-hybridized carbons (Fsp3) is 0.529. The summed E-state index contributed by atoms with van der Waals surface area (Å²) < 4.78 is 15.8. The molecule has 22 heavy (non-hydrogen) atoms. The third-order valence-electron chi connectivity index (χ3n) is 4.38. The Hall–Kier alpha value is -2.04. The van der Waals surface area contributed by atoms with Gasteiger partial charge in [-0.25, -0.2) is 4.79 Å². The molecule has 2 unspecified atom stereocenters. The summed E-state index contributed by atoms with van der Waals surface area (Å²) in [5.74, 6) is -0.103. The number of para-hydroxylation sites is 1. The van der Waals surface area contributed by atoms with E-state index in [0.29, 0.717) is 0 Å². The van der Waals surface area contributed by atoms with Crippen LogP contribution in [0.5, 0.6) is 5.75 Å². The minimum Gasteiger partial charge on any atom is -0.496 e. The molecule has 1 aromatic rings. The van der Waals surface area contributed by atoms with Crippen LogP contribution in [0, 0.1) is 11.3 Å². The van der Waals surface area contributed by atoms with Gasteiger partial charge in [-0.15, -0.1) is 0 Å². The lowest BCUT2D eigenvalue weighted by Crippen LogP contribution is -2.35. The summed E-state index contributed by atoms with van der Waals surface area (Å²) >= 11 is 0. The second-order valence-corrected chi connectivity index (χ2v) is 6.60. The van der Waals surface area contributed by atoms with Crippen LogP contribution in [0.3, 0.4) is 0 Å². The molecule has 0 N–H and O–H groups in total. The normalized spacial score (nSPS) is 28.9. The number of hydrogen-bond acceptors (Lipinski definition) is 5. The highest BCUT2D eigenvalue weighted by Crippen LogP contribution is 2.51. The van der Waals surface area contributed by atoms with Crippen molar-refractivity contribution < 1.29 is 23.8 Å². The molecule has 1 aliphatic heterocycles. The fourth-order valence-electron chi connectivity index (χ4n) is 2.91. The molecule has 0 amide bonds. The highest BCUT2D eigenvalue weighted by Gasteiger charge is 2.51. The summed E-state index contributed by atoms with van der Waals surface area (Å²) in [5.41, 5.74) is 0.543. The molecular weight excluding hydrogens is 284 g/mol. The van der Waals surface area contributed by atoms with Gasteiger partial charge in [0.05, 0.1) is 13.0 Å². The molecule has 3 atom stereocenters. The van der Waals surface area contributed by atoms with E-state index < -0.39 is 17.5 Å². The summed E-state index contributed by atoms with van der Waals surface area (Å²) in [5, 5.41) is 0. The Morgan fingerprint density at radius 1 is 1.32 bits per heavy atom. The maximum Gasteiger partial charge on any atom is 0.348 e. The second kappa shape index (κ2) is 5.30. The van der Waals surface area contributed by atoms with Gasteiger partial charge >= 0.3 is 11.9 Å². The van der Waals surface area contributed by atoms with Crippen LogP contribution in [0.1, 0.15) is 31.7 Å². The van der Waals surface area contributed by atoms with E-state index in [0.717, 1.165) is 17.7 Å². The minimum absolute atomic E-state index is 0.101. The molecule has 1 saturated carbocycles. The van der Waals surface area contributed by atoms with Crippen molar-refractivity contribution in [2.75, 3.05) is 13.7 Å². The number of benzene rings is 1. The topological polar surface area (TPSA) is 61.8 Å². The Balaban J connectivity index is 1.67. The first-order valence-electron chi connectivity index (χ1n) is 7.44.